The van der Waals surface area contributed by atoms with Gasteiger partial charge in [-0.3, -0.25) is 4.79 Å². The summed E-state index contributed by atoms with van der Waals surface area (Å²) in [6.45, 7) is 3.08. The highest BCUT2D eigenvalue weighted by molar-refractivity contribution is 5.77. The largest absolute Gasteiger partial charge is 0.394 e. The average molecular weight is 374 g/mol. The first-order valence-electron chi connectivity index (χ1n) is 10.3. The van der Waals surface area contributed by atoms with Gasteiger partial charge in [0.15, 0.2) is 0 Å². The maximum Gasteiger partial charge on any atom is 0.217 e. The minimum atomic E-state index is -1.00. The molecule has 0 fully saturated rings. The molecular formula is C23H35NO3. The zero-order valence-electron chi connectivity index (χ0n) is 16.9. The summed E-state index contributed by atoms with van der Waals surface area (Å²) >= 11 is 0. The average Bonchev–Trinajstić information content (AvgIpc) is 3.05. The molecule has 4 nitrogen and oxygen atoms in total. The van der Waals surface area contributed by atoms with Crippen LogP contribution in [-0.2, 0) is 17.6 Å². The van der Waals surface area contributed by atoms with E-state index in [2.05, 4.69) is 36.5 Å². The number of aliphatic hydroxyl groups is 2. The van der Waals surface area contributed by atoms with Gasteiger partial charge in [-0.15, -0.1) is 0 Å². The number of fused-ring (bicyclic) bond motifs is 1. The van der Waals surface area contributed by atoms with Crippen LogP contribution in [0.3, 0.4) is 0 Å². The molecule has 0 spiro atoms. The Labute approximate surface area is 163 Å². The number of hydrogen-bond donors (Lipinski definition) is 3. The fourth-order valence-corrected chi connectivity index (χ4v) is 3.93. The van der Waals surface area contributed by atoms with Crippen molar-refractivity contribution in [1.82, 2.24) is 5.32 Å². The molecule has 0 saturated carbocycles. The van der Waals surface area contributed by atoms with Crippen LogP contribution in [0, 0.1) is 0 Å². The van der Waals surface area contributed by atoms with Gasteiger partial charge in [-0.05, 0) is 41.5 Å². The molecule has 0 radical (unpaired) electrons. The highest BCUT2D eigenvalue weighted by Gasteiger charge is 2.32. The molecule has 0 unspecified atom stereocenters. The second-order valence-electron chi connectivity index (χ2n) is 7.90. The topological polar surface area (TPSA) is 69.6 Å². The summed E-state index contributed by atoms with van der Waals surface area (Å²) in [7, 11) is 0. The Hall–Kier alpha value is -1.65. The van der Waals surface area contributed by atoms with Gasteiger partial charge in [-0.2, -0.15) is 0 Å². The third-order valence-corrected chi connectivity index (χ3v) is 5.48. The predicted octanol–water partition coefficient (Wildman–Crippen LogP) is 3.78. The first-order chi connectivity index (χ1) is 13.0. The molecule has 2 rings (SSSR count). The van der Waals surface area contributed by atoms with Gasteiger partial charge >= 0.3 is 0 Å². The molecule has 4 heteroatoms. The van der Waals surface area contributed by atoms with Gasteiger partial charge in [-0.1, -0.05) is 63.3 Å². The molecule has 3 N–H and O–H groups in total. The molecule has 27 heavy (non-hydrogen) atoms. The fourth-order valence-electron chi connectivity index (χ4n) is 3.93. The van der Waals surface area contributed by atoms with Gasteiger partial charge < -0.3 is 15.5 Å². The molecule has 1 aromatic carbocycles. The SMILES string of the molecule is CCCCCCCCc1ccc2c(c1)CC=C2CC(CO)(CO)NC(C)=O. The summed E-state index contributed by atoms with van der Waals surface area (Å²) < 4.78 is 0. The second kappa shape index (κ2) is 10.6. The Bertz CT molecular complexity index is 647. The number of aliphatic hydroxyl groups excluding tert-OH is 2. The number of rotatable bonds is 12. The molecule has 1 aromatic rings. The monoisotopic (exact) mass is 373 g/mol. The Balaban J connectivity index is 1.95. The van der Waals surface area contributed by atoms with E-state index in [1.165, 1.54) is 62.1 Å². The minimum Gasteiger partial charge on any atom is -0.394 e. The molecule has 0 aliphatic heterocycles. The Morgan fingerprint density at radius 2 is 1.81 bits per heavy atom. The number of aryl methyl sites for hydroxylation is 1. The van der Waals surface area contributed by atoms with Crippen molar-refractivity contribution in [2.24, 2.45) is 0 Å². The van der Waals surface area contributed by atoms with Gasteiger partial charge in [0.1, 0.15) is 0 Å². The number of nitrogens with one attached hydrogen (secondary N) is 1. The lowest BCUT2D eigenvalue weighted by Crippen LogP contribution is -2.53. The molecule has 1 aliphatic carbocycles. The minimum absolute atomic E-state index is 0.244. The van der Waals surface area contributed by atoms with Crippen LogP contribution in [0.5, 0.6) is 0 Å². The molecule has 0 atom stereocenters. The van der Waals surface area contributed by atoms with Gasteiger partial charge in [0.25, 0.3) is 0 Å². The molecular weight excluding hydrogens is 338 g/mol. The predicted molar refractivity (Wildman–Crippen MR) is 111 cm³/mol. The summed E-state index contributed by atoms with van der Waals surface area (Å²) in [5.41, 5.74) is 3.96. The number of allylic oxidation sites excluding steroid dienone is 1. The lowest BCUT2D eigenvalue weighted by Gasteiger charge is -2.31. The van der Waals surface area contributed by atoms with E-state index in [1.807, 2.05) is 0 Å². The lowest BCUT2D eigenvalue weighted by molar-refractivity contribution is -0.122. The van der Waals surface area contributed by atoms with E-state index in [0.29, 0.717) is 6.42 Å². The van der Waals surface area contributed by atoms with Gasteiger partial charge in [0.05, 0.1) is 18.8 Å². The number of benzene rings is 1. The number of carbonyl (C=O) groups excluding carboxylic acids is 1. The zero-order chi connectivity index (χ0) is 19.7. The number of hydrogen-bond acceptors (Lipinski definition) is 3. The third kappa shape index (κ3) is 6.18. The molecule has 0 saturated heterocycles. The van der Waals surface area contributed by atoms with Gasteiger partial charge in [-0.25, -0.2) is 0 Å². The van der Waals surface area contributed by atoms with Crippen LogP contribution in [0.2, 0.25) is 0 Å². The van der Waals surface area contributed by atoms with Crippen LogP contribution in [-0.4, -0.2) is 34.9 Å². The number of amides is 1. The van der Waals surface area contributed by atoms with E-state index < -0.39 is 5.54 Å². The Morgan fingerprint density at radius 1 is 1.11 bits per heavy atom. The fraction of sp³-hybridized carbons (Fsp3) is 0.609. The van der Waals surface area contributed by atoms with Crippen molar-refractivity contribution in [3.05, 3.63) is 41.0 Å². The smallest absolute Gasteiger partial charge is 0.217 e. The molecule has 0 aromatic heterocycles. The summed E-state index contributed by atoms with van der Waals surface area (Å²) in [6.07, 6.45) is 12.4. The van der Waals surface area contributed by atoms with E-state index in [4.69, 9.17) is 0 Å². The van der Waals surface area contributed by atoms with Crippen molar-refractivity contribution < 1.29 is 15.0 Å². The summed E-state index contributed by atoms with van der Waals surface area (Å²) in [4.78, 5) is 11.5. The number of unbranched alkanes of at least 4 members (excludes halogenated alkanes) is 5. The molecule has 150 valence electrons. The van der Waals surface area contributed by atoms with Crippen LogP contribution >= 0.6 is 0 Å². The zero-order valence-corrected chi connectivity index (χ0v) is 16.9. The van der Waals surface area contributed by atoms with Crippen molar-refractivity contribution in [2.75, 3.05) is 13.2 Å². The Morgan fingerprint density at radius 3 is 2.48 bits per heavy atom. The van der Waals surface area contributed by atoms with Crippen molar-refractivity contribution in [1.29, 1.82) is 0 Å². The van der Waals surface area contributed by atoms with Crippen LogP contribution in [0.1, 0.15) is 75.5 Å². The van der Waals surface area contributed by atoms with Crippen molar-refractivity contribution in [3.8, 4) is 0 Å². The first kappa shape index (κ1) is 21.6. The van der Waals surface area contributed by atoms with E-state index in [-0.39, 0.29) is 19.1 Å². The van der Waals surface area contributed by atoms with Crippen LogP contribution in [0.15, 0.2) is 24.3 Å². The summed E-state index contributed by atoms with van der Waals surface area (Å²) in [6, 6.07) is 6.65. The van der Waals surface area contributed by atoms with E-state index in [1.54, 1.807) is 0 Å². The summed E-state index contributed by atoms with van der Waals surface area (Å²) in [5, 5.41) is 22.2. The third-order valence-electron chi connectivity index (χ3n) is 5.48. The second-order valence-corrected chi connectivity index (χ2v) is 7.90. The Kier molecular flexibility index (Phi) is 8.52. The molecule has 1 aliphatic rings. The maximum atomic E-state index is 11.5. The highest BCUT2D eigenvalue weighted by atomic mass is 16.3. The molecule has 0 heterocycles. The van der Waals surface area contributed by atoms with Crippen molar-refractivity contribution in [2.45, 2.75) is 77.2 Å². The molecule has 0 bridgehead atoms. The number of carbonyl (C=O) groups is 1. The van der Waals surface area contributed by atoms with Gasteiger partial charge in [0, 0.05) is 13.3 Å². The van der Waals surface area contributed by atoms with Crippen molar-refractivity contribution >= 4 is 11.5 Å². The lowest BCUT2D eigenvalue weighted by atomic mass is 9.89. The van der Waals surface area contributed by atoms with E-state index >= 15 is 0 Å². The van der Waals surface area contributed by atoms with Crippen LogP contribution in [0.4, 0.5) is 0 Å². The van der Waals surface area contributed by atoms with E-state index in [0.717, 1.165) is 18.4 Å². The van der Waals surface area contributed by atoms with Crippen LogP contribution in [0.25, 0.3) is 5.57 Å². The standard InChI is InChI=1S/C23H35NO3/c1-3-4-5-6-7-8-9-19-10-13-22-20(14-19)11-12-21(22)15-23(16-25,17-26)24-18(2)27/h10,12-14,25-26H,3-9,11,15-17H2,1-2H3,(H,24,27). The van der Waals surface area contributed by atoms with Gasteiger partial charge in [0.2, 0.25) is 5.91 Å². The summed E-state index contributed by atoms with van der Waals surface area (Å²) in [5.74, 6) is -0.244. The highest BCUT2D eigenvalue weighted by Crippen LogP contribution is 2.34. The van der Waals surface area contributed by atoms with E-state index in [9.17, 15) is 15.0 Å². The first-order valence-corrected chi connectivity index (χ1v) is 10.3. The maximum absolute atomic E-state index is 11.5. The molecule has 1 amide bonds. The van der Waals surface area contributed by atoms with Crippen molar-refractivity contribution in [3.63, 3.8) is 0 Å². The van der Waals surface area contributed by atoms with Crippen LogP contribution < -0.4 is 5.32 Å². The quantitative estimate of drug-likeness (QED) is 0.488. The normalized spacial score (nSPS) is 13.4.